The third-order valence-corrected chi connectivity index (χ3v) is 2.86. The molecule has 102 valence electrons. The fraction of sp³-hybridized carbons (Fsp3) is 0.0667. The van der Waals surface area contributed by atoms with Crippen LogP contribution in [0.3, 0.4) is 0 Å². The van der Waals surface area contributed by atoms with Crippen molar-refractivity contribution in [3.63, 3.8) is 0 Å². The highest BCUT2D eigenvalue weighted by atomic mass is 19.1. The molecule has 5 heteroatoms. The number of esters is 1. The Hall–Kier alpha value is -2.69. The van der Waals surface area contributed by atoms with Crippen molar-refractivity contribution in [2.24, 2.45) is 0 Å². The number of phenolic OH excluding ortho intramolecular Hbond substituents is 1. The second-order valence-corrected chi connectivity index (χ2v) is 4.08. The lowest BCUT2D eigenvalue weighted by molar-refractivity contribution is 0.0600. The van der Waals surface area contributed by atoms with E-state index >= 15 is 0 Å². The van der Waals surface area contributed by atoms with Gasteiger partial charge >= 0.3 is 5.97 Å². The lowest BCUT2D eigenvalue weighted by Gasteiger charge is -2.07. The first kappa shape index (κ1) is 13.7. The average molecular weight is 274 g/mol. The molecular weight excluding hydrogens is 263 g/mol. The standard InChI is InChI=1S/C15H11FO4/c1-20-15(19)10-4-5-12(13(16)6-10)9-2-3-11(8-17)14(18)7-9/h2-8,18H,1H3. The molecule has 0 aromatic heterocycles. The van der Waals surface area contributed by atoms with E-state index in [0.29, 0.717) is 11.8 Å². The Morgan fingerprint density at radius 1 is 1.25 bits per heavy atom. The maximum Gasteiger partial charge on any atom is 0.337 e. The molecule has 0 aliphatic rings. The number of benzene rings is 2. The van der Waals surface area contributed by atoms with Crippen LogP contribution in [0.2, 0.25) is 0 Å². The molecule has 0 saturated heterocycles. The minimum Gasteiger partial charge on any atom is -0.507 e. The number of halogens is 1. The van der Waals surface area contributed by atoms with E-state index in [-0.39, 0.29) is 22.4 Å². The van der Waals surface area contributed by atoms with Gasteiger partial charge in [-0.25, -0.2) is 9.18 Å². The van der Waals surface area contributed by atoms with Gasteiger partial charge in [-0.15, -0.1) is 0 Å². The van der Waals surface area contributed by atoms with Gasteiger partial charge in [0.2, 0.25) is 0 Å². The number of phenols is 1. The van der Waals surface area contributed by atoms with Gasteiger partial charge < -0.3 is 9.84 Å². The maximum atomic E-state index is 14.0. The molecule has 0 heterocycles. The Balaban J connectivity index is 2.45. The predicted octanol–water partition coefficient (Wildman–Crippen LogP) is 2.80. The Morgan fingerprint density at radius 3 is 2.55 bits per heavy atom. The van der Waals surface area contributed by atoms with Crippen molar-refractivity contribution in [3.8, 4) is 16.9 Å². The lowest BCUT2D eigenvalue weighted by atomic mass is 10.0. The third-order valence-electron chi connectivity index (χ3n) is 2.86. The van der Waals surface area contributed by atoms with E-state index in [2.05, 4.69) is 4.74 Å². The monoisotopic (exact) mass is 274 g/mol. The Kier molecular flexibility index (Phi) is 3.79. The largest absolute Gasteiger partial charge is 0.507 e. The molecule has 0 bridgehead atoms. The van der Waals surface area contributed by atoms with Crippen LogP contribution in [0.5, 0.6) is 5.75 Å². The van der Waals surface area contributed by atoms with Gasteiger partial charge in [-0.2, -0.15) is 0 Å². The highest BCUT2D eigenvalue weighted by Crippen LogP contribution is 2.28. The van der Waals surface area contributed by atoms with Crippen molar-refractivity contribution >= 4 is 12.3 Å². The number of aromatic hydroxyl groups is 1. The molecule has 0 atom stereocenters. The van der Waals surface area contributed by atoms with Crippen molar-refractivity contribution in [3.05, 3.63) is 53.3 Å². The number of carbonyl (C=O) groups is 2. The van der Waals surface area contributed by atoms with Gasteiger partial charge in [0.05, 0.1) is 18.2 Å². The molecule has 0 unspecified atom stereocenters. The molecule has 20 heavy (non-hydrogen) atoms. The van der Waals surface area contributed by atoms with Crippen LogP contribution in [-0.2, 0) is 4.74 Å². The highest BCUT2D eigenvalue weighted by Gasteiger charge is 2.12. The Labute approximate surface area is 114 Å². The van der Waals surface area contributed by atoms with Crippen molar-refractivity contribution in [1.29, 1.82) is 0 Å². The fourth-order valence-corrected chi connectivity index (χ4v) is 1.80. The smallest absolute Gasteiger partial charge is 0.337 e. The lowest BCUT2D eigenvalue weighted by Crippen LogP contribution is -2.02. The number of ether oxygens (including phenoxy) is 1. The van der Waals surface area contributed by atoms with Crippen LogP contribution in [0.4, 0.5) is 4.39 Å². The minimum atomic E-state index is -0.630. The zero-order valence-corrected chi connectivity index (χ0v) is 10.6. The van der Waals surface area contributed by atoms with Crippen LogP contribution in [0.25, 0.3) is 11.1 Å². The van der Waals surface area contributed by atoms with Gasteiger partial charge in [0.25, 0.3) is 0 Å². The summed E-state index contributed by atoms with van der Waals surface area (Å²) in [5.41, 5.74) is 0.843. The summed E-state index contributed by atoms with van der Waals surface area (Å²) in [4.78, 5) is 21.9. The van der Waals surface area contributed by atoms with Gasteiger partial charge in [0.15, 0.2) is 6.29 Å². The van der Waals surface area contributed by atoms with Gasteiger partial charge in [-0.1, -0.05) is 12.1 Å². The molecule has 0 spiro atoms. The van der Waals surface area contributed by atoms with Gasteiger partial charge in [0, 0.05) is 5.56 Å². The first-order valence-corrected chi connectivity index (χ1v) is 5.73. The first-order chi connectivity index (χ1) is 9.56. The predicted molar refractivity (Wildman–Crippen MR) is 70.2 cm³/mol. The zero-order valence-electron chi connectivity index (χ0n) is 10.6. The van der Waals surface area contributed by atoms with Crippen molar-refractivity contribution in [2.45, 2.75) is 0 Å². The molecule has 2 aromatic carbocycles. The zero-order chi connectivity index (χ0) is 14.7. The molecule has 4 nitrogen and oxygen atoms in total. The number of hydrogen-bond donors (Lipinski definition) is 1. The quantitative estimate of drug-likeness (QED) is 0.690. The molecule has 0 radical (unpaired) electrons. The van der Waals surface area contributed by atoms with Gasteiger partial charge in [-0.05, 0) is 29.8 Å². The van der Waals surface area contributed by atoms with Crippen LogP contribution >= 0.6 is 0 Å². The highest BCUT2D eigenvalue weighted by molar-refractivity contribution is 5.90. The summed E-state index contributed by atoms with van der Waals surface area (Å²) < 4.78 is 18.5. The Morgan fingerprint density at radius 2 is 2.00 bits per heavy atom. The van der Waals surface area contributed by atoms with E-state index in [4.69, 9.17) is 0 Å². The van der Waals surface area contributed by atoms with E-state index in [9.17, 15) is 19.1 Å². The maximum absolute atomic E-state index is 14.0. The van der Waals surface area contributed by atoms with E-state index < -0.39 is 11.8 Å². The van der Waals surface area contributed by atoms with E-state index in [0.717, 1.165) is 6.07 Å². The third kappa shape index (κ3) is 2.51. The van der Waals surface area contributed by atoms with Crippen LogP contribution in [-0.4, -0.2) is 24.5 Å². The molecule has 1 N–H and O–H groups in total. The van der Waals surface area contributed by atoms with Crippen LogP contribution in [0.15, 0.2) is 36.4 Å². The molecule has 0 aliphatic carbocycles. The van der Waals surface area contributed by atoms with E-state index in [1.807, 2.05) is 0 Å². The first-order valence-electron chi connectivity index (χ1n) is 5.73. The van der Waals surface area contributed by atoms with E-state index in [1.165, 1.54) is 37.4 Å². The van der Waals surface area contributed by atoms with Gasteiger partial charge in [0.1, 0.15) is 11.6 Å². The summed E-state index contributed by atoms with van der Waals surface area (Å²) in [6, 6.07) is 8.10. The summed E-state index contributed by atoms with van der Waals surface area (Å²) in [6.07, 6.45) is 0.510. The molecular formula is C15H11FO4. The molecule has 0 saturated carbocycles. The van der Waals surface area contributed by atoms with Crippen LogP contribution in [0.1, 0.15) is 20.7 Å². The van der Waals surface area contributed by atoms with Crippen LogP contribution in [0, 0.1) is 5.82 Å². The van der Waals surface area contributed by atoms with E-state index in [1.54, 1.807) is 0 Å². The number of methoxy groups -OCH3 is 1. The summed E-state index contributed by atoms with van der Waals surface area (Å²) in [5.74, 6) is -1.48. The minimum absolute atomic E-state index is 0.0995. The van der Waals surface area contributed by atoms with Crippen molar-refractivity contribution in [2.75, 3.05) is 7.11 Å². The molecule has 2 aromatic rings. The second-order valence-electron chi connectivity index (χ2n) is 4.08. The summed E-state index contributed by atoms with van der Waals surface area (Å²) in [6.45, 7) is 0. The molecule has 2 rings (SSSR count). The summed E-state index contributed by atoms with van der Waals surface area (Å²) in [7, 11) is 1.21. The summed E-state index contributed by atoms with van der Waals surface area (Å²) in [5, 5.41) is 9.60. The fourth-order valence-electron chi connectivity index (χ4n) is 1.80. The van der Waals surface area contributed by atoms with Crippen LogP contribution < -0.4 is 0 Å². The summed E-state index contributed by atoms with van der Waals surface area (Å²) >= 11 is 0. The molecule has 0 amide bonds. The number of rotatable bonds is 3. The number of carbonyl (C=O) groups excluding carboxylic acids is 2. The van der Waals surface area contributed by atoms with Gasteiger partial charge in [-0.3, -0.25) is 4.79 Å². The van der Waals surface area contributed by atoms with Crippen molar-refractivity contribution in [1.82, 2.24) is 0 Å². The normalized spacial score (nSPS) is 10.1. The molecule has 0 aliphatic heterocycles. The molecule has 0 fully saturated rings. The second kappa shape index (κ2) is 5.52. The average Bonchev–Trinajstić information content (AvgIpc) is 2.46. The van der Waals surface area contributed by atoms with Crippen molar-refractivity contribution < 1.29 is 23.8 Å². The number of hydrogen-bond acceptors (Lipinski definition) is 4. The SMILES string of the molecule is COC(=O)c1ccc(-c2ccc(C=O)c(O)c2)c(F)c1. The Bertz CT molecular complexity index is 680. The topological polar surface area (TPSA) is 63.6 Å². The number of aldehydes is 1.